The Kier molecular flexibility index (Phi) is 5.87. The Morgan fingerprint density at radius 1 is 1.23 bits per heavy atom. The number of carbonyl (C=O) groups is 1. The van der Waals surface area contributed by atoms with E-state index in [1.807, 2.05) is 0 Å². The van der Waals surface area contributed by atoms with Crippen LogP contribution in [-0.2, 0) is 0 Å². The average Bonchev–Trinajstić information content (AvgIpc) is 3.18. The number of fused-ring (bicyclic) bond motifs is 1. The van der Waals surface area contributed by atoms with Crippen LogP contribution in [0.3, 0.4) is 0 Å². The predicted molar refractivity (Wildman–Crippen MR) is 115 cm³/mol. The highest BCUT2D eigenvalue weighted by Gasteiger charge is 2.35. The molecular weight excluding hydrogens is 400 g/mol. The summed E-state index contributed by atoms with van der Waals surface area (Å²) in [7, 11) is 0. The zero-order valence-corrected chi connectivity index (χ0v) is 16.9. The summed E-state index contributed by atoms with van der Waals surface area (Å²) in [5, 5.41) is 14.0. The number of nitrogens with zero attached hydrogens (tertiary/aromatic N) is 4. The van der Waals surface area contributed by atoms with E-state index >= 15 is 0 Å². The van der Waals surface area contributed by atoms with E-state index in [1.54, 1.807) is 35.2 Å². The molecule has 8 N–H and O–H groups in total. The minimum atomic E-state index is -0.834. The lowest BCUT2D eigenvalue weighted by Gasteiger charge is -2.36. The predicted octanol–water partition coefficient (Wildman–Crippen LogP) is 0.213. The summed E-state index contributed by atoms with van der Waals surface area (Å²) in [6.45, 7) is 0.826. The van der Waals surface area contributed by atoms with E-state index < -0.39 is 12.1 Å². The Labute approximate surface area is 178 Å². The van der Waals surface area contributed by atoms with E-state index in [9.17, 15) is 9.90 Å². The Morgan fingerprint density at radius 2 is 2.00 bits per heavy atom. The van der Waals surface area contributed by atoms with Crippen LogP contribution < -0.4 is 27.3 Å². The summed E-state index contributed by atoms with van der Waals surface area (Å²) in [6.07, 6.45) is 2.92. The number of nitrogen functional groups attached to an aromatic ring is 2. The van der Waals surface area contributed by atoms with Crippen LogP contribution in [0.1, 0.15) is 35.7 Å². The van der Waals surface area contributed by atoms with Gasteiger partial charge in [-0.1, -0.05) is 0 Å². The fourth-order valence-electron chi connectivity index (χ4n) is 3.95. The number of rotatable bonds is 6. The molecule has 1 fully saturated rings. The van der Waals surface area contributed by atoms with E-state index in [4.69, 9.17) is 21.9 Å². The first-order valence-electron chi connectivity index (χ1n) is 10.2. The topological polar surface area (TPSA) is 180 Å². The highest BCUT2D eigenvalue weighted by atomic mass is 16.5. The molecule has 0 radical (unpaired) electrons. The fraction of sp³-hybridized carbons (Fsp3) is 0.400. The minimum Gasteiger partial charge on any atom is -0.492 e. The van der Waals surface area contributed by atoms with E-state index in [1.165, 1.54) is 0 Å². The van der Waals surface area contributed by atoms with Gasteiger partial charge in [0, 0.05) is 12.1 Å². The van der Waals surface area contributed by atoms with Crippen LogP contribution in [-0.4, -0.2) is 55.8 Å². The minimum absolute atomic E-state index is 0.0424. The van der Waals surface area contributed by atoms with Gasteiger partial charge in [-0.25, -0.2) is 4.98 Å². The molecule has 1 aliphatic rings. The summed E-state index contributed by atoms with van der Waals surface area (Å²) in [5.41, 5.74) is 18.4. The molecule has 3 atom stereocenters. The SMILES string of the molecule is NCCOc1ccc(C(=O)N[C@@H]2CCC[C@@H](n3cnc4c(N)nc(N)nc43)[C@@H]2O)cc1. The van der Waals surface area contributed by atoms with Crippen molar-refractivity contribution in [1.29, 1.82) is 0 Å². The van der Waals surface area contributed by atoms with Crippen molar-refractivity contribution >= 4 is 28.8 Å². The van der Waals surface area contributed by atoms with Gasteiger partial charge in [-0.15, -0.1) is 0 Å². The second kappa shape index (κ2) is 8.74. The number of benzene rings is 1. The van der Waals surface area contributed by atoms with Crippen LogP contribution in [0, 0.1) is 0 Å². The third-order valence-electron chi connectivity index (χ3n) is 5.46. The summed E-state index contributed by atoms with van der Waals surface area (Å²) >= 11 is 0. The fourth-order valence-corrected chi connectivity index (χ4v) is 3.95. The van der Waals surface area contributed by atoms with Gasteiger partial charge in [-0.3, -0.25) is 4.79 Å². The third kappa shape index (κ3) is 4.23. The lowest BCUT2D eigenvalue weighted by molar-refractivity contribution is 0.0410. The molecule has 3 aromatic rings. The van der Waals surface area contributed by atoms with Crippen molar-refractivity contribution in [3.05, 3.63) is 36.2 Å². The van der Waals surface area contributed by atoms with Crippen LogP contribution in [0.4, 0.5) is 11.8 Å². The van der Waals surface area contributed by atoms with Crippen LogP contribution in [0.5, 0.6) is 5.75 Å². The third-order valence-corrected chi connectivity index (χ3v) is 5.46. The molecule has 11 heteroatoms. The molecule has 1 saturated carbocycles. The molecule has 0 spiro atoms. The van der Waals surface area contributed by atoms with Gasteiger partial charge in [-0.2, -0.15) is 9.97 Å². The average molecular weight is 426 g/mol. The summed E-state index contributed by atoms with van der Waals surface area (Å²) < 4.78 is 7.19. The molecule has 1 amide bonds. The molecule has 0 aliphatic heterocycles. The Bertz CT molecular complexity index is 1070. The number of carbonyl (C=O) groups excluding carboxylic acids is 1. The smallest absolute Gasteiger partial charge is 0.251 e. The summed E-state index contributed by atoms with van der Waals surface area (Å²) in [6, 6.07) is 6.05. The zero-order chi connectivity index (χ0) is 22.0. The molecule has 0 saturated heterocycles. The van der Waals surface area contributed by atoms with Crippen molar-refractivity contribution in [3.8, 4) is 5.75 Å². The highest BCUT2D eigenvalue weighted by Crippen LogP contribution is 2.32. The number of aliphatic hydroxyl groups excluding tert-OH is 1. The van der Waals surface area contributed by atoms with Crippen LogP contribution in [0.15, 0.2) is 30.6 Å². The summed E-state index contributed by atoms with van der Waals surface area (Å²) in [5.74, 6) is 0.616. The van der Waals surface area contributed by atoms with Gasteiger partial charge in [0.2, 0.25) is 5.95 Å². The van der Waals surface area contributed by atoms with E-state index in [-0.39, 0.29) is 23.7 Å². The van der Waals surface area contributed by atoms with Gasteiger partial charge in [0.15, 0.2) is 11.5 Å². The maximum atomic E-state index is 12.7. The van der Waals surface area contributed by atoms with Crippen molar-refractivity contribution in [3.63, 3.8) is 0 Å². The second-order valence-electron chi connectivity index (χ2n) is 7.52. The lowest BCUT2D eigenvalue weighted by atomic mass is 9.87. The van der Waals surface area contributed by atoms with Crippen LogP contribution in [0.2, 0.25) is 0 Å². The highest BCUT2D eigenvalue weighted by molar-refractivity contribution is 5.94. The Morgan fingerprint density at radius 3 is 2.74 bits per heavy atom. The van der Waals surface area contributed by atoms with E-state index in [0.717, 1.165) is 6.42 Å². The maximum Gasteiger partial charge on any atom is 0.251 e. The van der Waals surface area contributed by atoms with Crippen molar-refractivity contribution < 1.29 is 14.6 Å². The molecular formula is C20H26N8O3. The number of aliphatic hydroxyl groups is 1. The van der Waals surface area contributed by atoms with Gasteiger partial charge >= 0.3 is 0 Å². The first-order valence-corrected chi connectivity index (χ1v) is 10.2. The monoisotopic (exact) mass is 426 g/mol. The number of nitrogens with one attached hydrogen (secondary N) is 1. The lowest BCUT2D eigenvalue weighted by Crippen LogP contribution is -2.49. The van der Waals surface area contributed by atoms with E-state index in [0.29, 0.717) is 48.5 Å². The number of ether oxygens (including phenoxy) is 1. The maximum absolute atomic E-state index is 12.7. The molecule has 2 aromatic heterocycles. The Hall–Kier alpha value is -3.44. The molecule has 0 bridgehead atoms. The zero-order valence-electron chi connectivity index (χ0n) is 16.9. The van der Waals surface area contributed by atoms with Crippen LogP contribution >= 0.6 is 0 Å². The van der Waals surface area contributed by atoms with E-state index in [2.05, 4.69) is 20.3 Å². The van der Waals surface area contributed by atoms with Crippen molar-refractivity contribution in [2.24, 2.45) is 5.73 Å². The number of hydrogen-bond acceptors (Lipinski definition) is 9. The molecule has 1 aliphatic carbocycles. The van der Waals surface area contributed by atoms with Crippen LogP contribution in [0.25, 0.3) is 11.2 Å². The van der Waals surface area contributed by atoms with Crippen molar-refractivity contribution in [1.82, 2.24) is 24.8 Å². The molecule has 2 heterocycles. The second-order valence-corrected chi connectivity index (χ2v) is 7.52. The number of nitrogens with two attached hydrogens (primary N) is 3. The number of anilines is 2. The number of amides is 1. The molecule has 4 rings (SSSR count). The standard InChI is InChI=1S/C20H26N8O3/c21-8-9-31-12-6-4-11(5-7-12)19(30)25-13-2-1-3-14(16(13)29)28-10-24-15-17(22)26-20(23)27-18(15)28/h4-7,10,13-14,16,29H,1-3,8-9,21H2,(H,25,30)(H4,22,23,26,27)/t13-,14-,16-/m1/s1. The molecule has 164 valence electrons. The largest absolute Gasteiger partial charge is 0.492 e. The Balaban J connectivity index is 1.49. The quantitative estimate of drug-likeness (QED) is 0.368. The van der Waals surface area contributed by atoms with Crippen molar-refractivity contribution in [2.45, 2.75) is 37.5 Å². The number of imidazole rings is 1. The molecule has 11 nitrogen and oxygen atoms in total. The number of hydrogen-bond donors (Lipinski definition) is 5. The van der Waals surface area contributed by atoms with Crippen molar-refractivity contribution in [2.75, 3.05) is 24.6 Å². The van der Waals surface area contributed by atoms with Gasteiger partial charge in [-0.05, 0) is 43.5 Å². The molecule has 31 heavy (non-hydrogen) atoms. The van der Waals surface area contributed by atoms with Gasteiger partial charge in [0.25, 0.3) is 5.91 Å². The van der Waals surface area contributed by atoms with Gasteiger partial charge in [0.1, 0.15) is 17.9 Å². The first kappa shape index (κ1) is 20.8. The molecule has 0 unspecified atom stereocenters. The number of aromatic nitrogens is 4. The molecule has 1 aromatic carbocycles. The normalized spacial score (nSPS) is 21.2. The summed E-state index contributed by atoms with van der Waals surface area (Å²) in [4.78, 5) is 25.2. The van der Waals surface area contributed by atoms with Gasteiger partial charge < -0.3 is 36.9 Å². The van der Waals surface area contributed by atoms with Gasteiger partial charge in [0.05, 0.1) is 24.5 Å². The first-order chi connectivity index (χ1) is 15.0.